The first kappa shape index (κ1) is 21.0. The predicted octanol–water partition coefficient (Wildman–Crippen LogP) is 3.11. The van der Waals surface area contributed by atoms with Gasteiger partial charge in [0.1, 0.15) is 11.4 Å². The number of amidine groups is 1. The number of carbonyl (C=O) groups is 1. The van der Waals surface area contributed by atoms with Crippen LogP contribution in [0, 0.1) is 0 Å². The summed E-state index contributed by atoms with van der Waals surface area (Å²) in [5, 5.41) is 11.5. The van der Waals surface area contributed by atoms with Gasteiger partial charge in [-0.15, -0.1) is 5.10 Å². The molecule has 0 fully saturated rings. The molecule has 0 bridgehead atoms. The highest BCUT2D eigenvalue weighted by Gasteiger charge is 2.32. The number of benzene rings is 3. The first-order valence-corrected chi connectivity index (χ1v) is 11.6. The van der Waals surface area contributed by atoms with Crippen LogP contribution in [0.3, 0.4) is 0 Å². The van der Waals surface area contributed by atoms with Crippen LogP contribution in [0.4, 0.5) is 0 Å². The number of hydrogen-bond acceptors (Lipinski definition) is 6. The lowest BCUT2D eigenvalue weighted by molar-refractivity contribution is -0.116. The van der Waals surface area contributed by atoms with Crippen molar-refractivity contribution in [2.24, 2.45) is 10.1 Å². The largest absolute Gasteiger partial charge is 0.497 e. The van der Waals surface area contributed by atoms with Crippen LogP contribution in [0.2, 0.25) is 0 Å². The second kappa shape index (κ2) is 9.34. The van der Waals surface area contributed by atoms with Crippen molar-refractivity contribution in [3.63, 3.8) is 0 Å². The number of carbonyl (C=O) groups excluding carboxylic acids is 1. The summed E-state index contributed by atoms with van der Waals surface area (Å²) >= 11 is 1.50. The van der Waals surface area contributed by atoms with Gasteiger partial charge in [-0.2, -0.15) is 0 Å². The molecule has 5 rings (SSSR count). The molecule has 164 valence electrons. The summed E-state index contributed by atoms with van der Waals surface area (Å²) in [4.78, 5) is 18.0. The molecule has 1 N–H and O–H groups in total. The van der Waals surface area contributed by atoms with E-state index in [1.54, 1.807) is 12.1 Å². The van der Waals surface area contributed by atoms with Crippen LogP contribution >= 0.6 is 11.8 Å². The van der Waals surface area contributed by atoms with Gasteiger partial charge in [0, 0.05) is 11.0 Å². The minimum atomic E-state index is -0.435. The first-order valence-electron chi connectivity index (χ1n) is 10.6. The van der Waals surface area contributed by atoms with Gasteiger partial charge < -0.3 is 4.74 Å². The quantitative estimate of drug-likeness (QED) is 0.643. The van der Waals surface area contributed by atoms with Gasteiger partial charge in [-0.25, -0.2) is 5.01 Å². The summed E-state index contributed by atoms with van der Waals surface area (Å²) in [6.07, 6.45) is 3.51. The van der Waals surface area contributed by atoms with Crippen LogP contribution in [0.15, 0.2) is 95.0 Å². The average Bonchev–Trinajstić information content (AvgIpc) is 2.87. The molecule has 2 heterocycles. The van der Waals surface area contributed by atoms with Gasteiger partial charge in [0.05, 0.1) is 12.5 Å². The molecule has 2 aliphatic heterocycles. The van der Waals surface area contributed by atoms with Crippen LogP contribution in [0.5, 0.6) is 5.75 Å². The molecule has 0 unspecified atom stereocenters. The second-order valence-electron chi connectivity index (χ2n) is 7.52. The van der Waals surface area contributed by atoms with Gasteiger partial charge in [-0.1, -0.05) is 78.5 Å². The maximum Gasteiger partial charge on any atom is 0.276 e. The van der Waals surface area contributed by atoms with Gasteiger partial charge in [-0.05, 0) is 35.4 Å². The smallest absolute Gasteiger partial charge is 0.276 e. The van der Waals surface area contributed by atoms with E-state index in [1.165, 1.54) is 17.3 Å². The Morgan fingerprint density at radius 3 is 2.58 bits per heavy atom. The van der Waals surface area contributed by atoms with E-state index in [2.05, 4.69) is 17.4 Å². The molecule has 1 atom stereocenters. The van der Waals surface area contributed by atoms with Crippen molar-refractivity contribution >= 4 is 34.6 Å². The van der Waals surface area contributed by atoms with Gasteiger partial charge in [0.15, 0.2) is 11.3 Å². The maximum absolute atomic E-state index is 13.1. The van der Waals surface area contributed by atoms with Gasteiger partial charge in [-0.3, -0.25) is 15.1 Å². The zero-order chi connectivity index (χ0) is 22.6. The molecule has 0 radical (unpaired) electrons. The summed E-state index contributed by atoms with van der Waals surface area (Å²) < 4.78 is 5.23. The normalized spacial score (nSPS) is 17.1. The Kier molecular flexibility index (Phi) is 5.95. The van der Waals surface area contributed by atoms with Gasteiger partial charge in [0.25, 0.3) is 5.91 Å². The standard InChI is InChI=1S/C26H22N4O2S/c1-32-20-14-11-18(12-15-20)13-16-23-27-22-10-6-5-9-21(22)24-25(31)28-26(29-30(23)24)33-17-19-7-3-2-4-8-19/h2-16,23H,17H2,1H3,(H,28,29,31)/b16-13+/t23-/m1/s1. The Morgan fingerprint density at radius 1 is 1.03 bits per heavy atom. The summed E-state index contributed by atoms with van der Waals surface area (Å²) in [5.41, 5.74) is 2.68. The lowest BCUT2D eigenvalue weighted by Gasteiger charge is -2.32. The molecule has 7 heteroatoms. The van der Waals surface area contributed by atoms with Crippen molar-refractivity contribution in [1.82, 2.24) is 10.3 Å². The molecule has 3 aromatic carbocycles. The molecule has 2 aliphatic rings. The fraction of sp³-hybridized carbons (Fsp3) is 0.115. The second-order valence-corrected chi connectivity index (χ2v) is 8.48. The number of hydrogen-bond donors (Lipinski definition) is 1. The SMILES string of the molecule is COc1ccc(/C=C/[C@@H]2N=c3ccccc3=C3C(=O)NC(SCc4ccccc4)=NN32)cc1. The van der Waals surface area contributed by atoms with Gasteiger partial charge >= 0.3 is 0 Å². The molecule has 0 spiro atoms. The van der Waals surface area contributed by atoms with Crippen LogP contribution in [0.1, 0.15) is 11.1 Å². The topological polar surface area (TPSA) is 66.3 Å². The van der Waals surface area contributed by atoms with E-state index in [0.29, 0.717) is 16.6 Å². The molecular weight excluding hydrogens is 432 g/mol. The molecule has 0 aliphatic carbocycles. The minimum absolute atomic E-state index is 0.175. The Morgan fingerprint density at radius 2 is 1.79 bits per heavy atom. The van der Waals surface area contributed by atoms with Crippen LogP contribution < -0.4 is 20.6 Å². The van der Waals surface area contributed by atoms with Crippen LogP contribution in [0.25, 0.3) is 11.8 Å². The molecule has 3 aromatic rings. The number of rotatable bonds is 5. The van der Waals surface area contributed by atoms with E-state index in [4.69, 9.17) is 14.8 Å². The van der Waals surface area contributed by atoms with E-state index in [9.17, 15) is 4.79 Å². The number of hydrazone groups is 1. The average molecular weight is 455 g/mol. The third kappa shape index (κ3) is 4.54. The Balaban J connectivity index is 1.48. The van der Waals surface area contributed by atoms with Crippen molar-refractivity contribution in [3.05, 3.63) is 107 Å². The van der Waals surface area contributed by atoms with E-state index in [1.807, 2.05) is 78.9 Å². The predicted molar refractivity (Wildman–Crippen MR) is 132 cm³/mol. The van der Waals surface area contributed by atoms with Crippen LogP contribution in [-0.4, -0.2) is 29.4 Å². The molecular formula is C26H22N4O2S. The third-order valence-corrected chi connectivity index (χ3v) is 6.27. The summed E-state index contributed by atoms with van der Waals surface area (Å²) in [7, 11) is 1.65. The molecule has 0 aromatic heterocycles. The molecule has 33 heavy (non-hydrogen) atoms. The fourth-order valence-corrected chi connectivity index (χ4v) is 4.49. The van der Waals surface area contributed by atoms with E-state index in [-0.39, 0.29) is 5.91 Å². The Labute approximate surface area is 196 Å². The lowest BCUT2D eigenvalue weighted by Crippen LogP contribution is -2.52. The highest BCUT2D eigenvalue weighted by molar-refractivity contribution is 8.13. The fourth-order valence-electron chi connectivity index (χ4n) is 3.68. The number of amides is 1. The minimum Gasteiger partial charge on any atom is -0.497 e. The van der Waals surface area contributed by atoms with Crippen molar-refractivity contribution < 1.29 is 9.53 Å². The van der Waals surface area contributed by atoms with Crippen molar-refractivity contribution in [2.45, 2.75) is 11.9 Å². The number of nitrogens with one attached hydrogen (secondary N) is 1. The van der Waals surface area contributed by atoms with E-state index in [0.717, 1.165) is 21.9 Å². The van der Waals surface area contributed by atoms with E-state index < -0.39 is 6.17 Å². The van der Waals surface area contributed by atoms with Crippen molar-refractivity contribution in [1.29, 1.82) is 0 Å². The lowest BCUT2D eigenvalue weighted by atomic mass is 10.1. The molecule has 6 nitrogen and oxygen atoms in total. The molecule has 0 saturated heterocycles. The number of ether oxygens (including phenoxy) is 1. The van der Waals surface area contributed by atoms with Crippen LogP contribution in [-0.2, 0) is 10.5 Å². The highest BCUT2D eigenvalue weighted by Crippen LogP contribution is 2.23. The van der Waals surface area contributed by atoms with E-state index >= 15 is 0 Å². The molecule has 1 amide bonds. The Bertz CT molecular complexity index is 1350. The zero-order valence-corrected chi connectivity index (χ0v) is 18.8. The summed E-state index contributed by atoms with van der Waals surface area (Å²) in [6.45, 7) is 0. The third-order valence-electron chi connectivity index (χ3n) is 5.34. The first-order chi connectivity index (χ1) is 16.2. The summed E-state index contributed by atoms with van der Waals surface area (Å²) in [5.74, 6) is 1.34. The molecule has 0 saturated carbocycles. The Hall–Kier alpha value is -3.84. The van der Waals surface area contributed by atoms with Crippen molar-refractivity contribution in [2.75, 3.05) is 7.11 Å². The number of fused-ring (bicyclic) bond motifs is 2. The number of thioether (sulfide) groups is 1. The highest BCUT2D eigenvalue weighted by atomic mass is 32.2. The van der Waals surface area contributed by atoms with Crippen molar-refractivity contribution in [3.8, 4) is 5.75 Å². The number of methoxy groups -OCH3 is 1. The monoisotopic (exact) mass is 454 g/mol. The summed E-state index contributed by atoms with van der Waals surface area (Å²) in [6, 6.07) is 25.5. The van der Waals surface area contributed by atoms with Gasteiger partial charge in [0.2, 0.25) is 0 Å². The number of nitrogens with zero attached hydrogens (tertiary/aromatic N) is 3. The number of para-hydroxylation sites is 1. The maximum atomic E-state index is 13.1. The zero-order valence-electron chi connectivity index (χ0n) is 18.0.